The first-order valence-corrected chi connectivity index (χ1v) is 12.6. The first kappa shape index (κ1) is 25.8. The van der Waals surface area contributed by atoms with Crippen LogP contribution in [0.2, 0.25) is 0 Å². The van der Waals surface area contributed by atoms with Gasteiger partial charge in [-0.05, 0) is 61.7 Å². The highest BCUT2D eigenvalue weighted by Crippen LogP contribution is 2.33. The lowest BCUT2D eigenvalue weighted by molar-refractivity contribution is 0.0991. The third-order valence-corrected chi connectivity index (χ3v) is 6.63. The smallest absolute Gasteiger partial charge is 0.293 e. The zero-order valence-electron chi connectivity index (χ0n) is 21.8. The molecule has 38 heavy (non-hydrogen) atoms. The lowest BCUT2D eigenvalue weighted by atomic mass is 9.96. The molecule has 1 aliphatic heterocycles. The molecule has 3 aromatic heterocycles. The number of fused-ring (bicyclic) bond motifs is 1. The Balaban J connectivity index is 1.52. The number of halogens is 2. The van der Waals surface area contributed by atoms with Gasteiger partial charge in [0.25, 0.3) is 5.91 Å². The second-order valence-electron chi connectivity index (χ2n) is 10.0. The maximum absolute atomic E-state index is 15.0. The predicted molar refractivity (Wildman–Crippen MR) is 139 cm³/mol. The number of hydrogen-bond donors (Lipinski definition) is 1. The minimum atomic E-state index is -0.975. The Morgan fingerprint density at radius 2 is 1.95 bits per heavy atom. The number of pyridine rings is 1. The second-order valence-corrected chi connectivity index (χ2v) is 10.0. The largest absolute Gasteiger partial charge is 0.435 e. The van der Waals surface area contributed by atoms with Gasteiger partial charge in [0.15, 0.2) is 11.5 Å². The molecule has 0 saturated carbocycles. The van der Waals surface area contributed by atoms with Crippen LogP contribution < -0.4 is 10.2 Å². The summed E-state index contributed by atoms with van der Waals surface area (Å²) in [6, 6.07) is 6.88. The lowest BCUT2D eigenvalue weighted by Gasteiger charge is -2.29. The second kappa shape index (κ2) is 10.1. The van der Waals surface area contributed by atoms with Gasteiger partial charge in [0.1, 0.15) is 18.3 Å². The lowest BCUT2D eigenvalue weighted by Crippen LogP contribution is -2.37. The van der Waals surface area contributed by atoms with E-state index in [-0.39, 0.29) is 17.3 Å². The summed E-state index contributed by atoms with van der Waals surface area (Å²) < 4.78 is 41.1. The SMILES string of the molecule is CCc1nc2cc(-c3cc(NC(=O)c4cnc(C(C)(C)CF)o4)c(F)cc3C)cc(N3CCOCC3)n2n1. The Morgan fingerprint density at radius 1 is 1.18 bits per heavy atom. The van der Waals surface area contributed by atoms with Crippen molar-refractivity contribution in [3.05, 3.63) is 59.3 Å². The van der Waals surface area contributed by atoms with Gasteiger partial charge in [0.05, 0.1) is 30.5 Å². The summed E-state index contributed by atoms with van der Waals surface area (Å²) in [6.07, 6.45) is 1.91. The summed E-state index contributed by atoms with van der Waals surface area (Å²) in [5, 5.41) is 7.23. The molecule has 1 fully saturated rings. The molecular weight excluding hydrogens is 494 g/mol. The highest BCUT2D eigenvalue weighted by Gasteiger charge is 2.28. The molecule has 1 saturated heterocycles. The number of alkyl halides is 1. The van der Waals surface area contributed by atoms with E-state index in [1.807, 2.05) is 30.5 Å². The van der Waals surface area contributed by atoms with E-state index in [4.69, 9.17) is 9.15 Å². The quantitative estimate of drug-likeness (QED) is 0.373. The van der Waals surface area contributed by atoms with Crippen LogP contribution in [0.4, 0.5) is 20.3 Å². The normalized spacial score (nSPS) is 14.3. The number of aryl methyl sites for hydroxylation is 2. The molecule has 4 heterocycles. The first-order valence-electron chi connectivity index (χ1n) is 12.6. The predicted octanol–water partition coefficient (Wildman–Crippen LogP) is 4.73. The van der Waals surface area contributed by atoms with E-state index in [1.54, 1.807) is 19.9 Å². The van der Waals surface area contributed by atoms with Gasteiger partial charge in [0.2, 0.25) is 11.7 Å². The van der Waals surface area contributed by atoms with Crippen molar-refractivity contribution in [3.63, 3.8) is 0 Å². The third-order valence-electron chi connectivity index (χ3n) is 6.63. The molecule has 1 aromatic carbocycles. The number of rotatable bonds is 7. The standard InChI is InChI=1S/C27H30F2N6O3/c1-5-22-32-23-11-17(12-24(35(23)33-22)34-6-8-37-9-7-34)18-13-20(19(29)10-16(18)2)31-25(36)21-14-30-26(38-21)27(3,4)15-28/h10-14H,5-9,15H2,1-4H3,(H,31,36). The molecule has 0 atom stereocenters. The number of anilines is 2. The van der Waals surface area contributed by atoms with E-state index >= 15 is 0 Å². The Morgan fingerprint density at radius 3 is 2.66 bits per heavy atom. The van der Waals surface area contributed by atoms with Crippen LogP contribution in [0, 0.1) is 12.7 Å². The van der Waals surface area contributed by atoms with Crippen LogP contribution in [0.25, 0.3) is 16.8 Å². The van der Waals surface area contributed by atoms with Gasteiger partial charge in [0, 0.05) is 19.5 Å². The maximum atomic E-state index is 15.0. The average molecular weight is 525 g/mol. The number of morpholine rings is 1. The molecule has 4 aromatic rings. The number of ether oxygens (including phenoxy) is 1. The number of carbonyl (C=O) groups is 1. The highest BCUT2D eigenvalue weighted by molar-refractivity contribution is 6.02. The van der Waals surface area contributed by atoms with E-state index in [9.17, 15) is 13.6 Å². The van der Waals surface area contributed by atoms with Gasteiger partial charge < -0.3 is 19.4 Å². The summed E-state index contributed by atoms with van der Waals surface area (Å²) in [4.78, 5) is 23.7. The molecule has 0 aliphatic carbocycles. The van der Waals surface area contributed by atoms with Crippen LogP contribution in [0.3, 0.4) is 0 Å². The Kier molecular flexibility index (Phi) is 6.87. The number of nitrogens with zero attached hydrogens (tertiary/aromatic N) is 5. The van der Waals surface area contributed by atoms with Gasteiger partial charge >= 0.3 is 0 Å². The number of amides is 1. The van der Waals surface area contributed by atoms with Crippen molar-refractivity contribution in [2.24, 2.45) is 0 Å². The zero-order valence-corrected chi connectivity index (χ0v) is 21.8. The Bertz CT molecular complexity index is 1490. The van der Waals surface area contributed by atoms with Crippen LogP contribution >= 0.6 is 0 Å². The third kappa shape index (κ3) is 4.85. The average Bonchev–Trinajstić information content (AvgIpc) is 3.58. The fraction of sp³-hybridized carbons (Fsp3) is 0.407. The highest BCUT2D eigenvalue weighted by atomic mass is 19.1. The van der Waals surface area contributed by atoms with Crippen molar-refractivity contribution < 1.29 is 22.7 Å². The zero-order chi connectivity index (χ0) is 27.0. The fourth-order valence-electron chi connectivity index (χ4n) is 4.35. The van der Waals surface area contributed by atoms with E-state index in [0.717, 1.165) is 22.8 Å². The molecule has 0 radical (unpaired) electrons. The number of oxazole rings is 1. The van der Waals surface area contributed by atoms with Crippen LogP contribution in [0.1, 0.15) is 48.6 Å². The van der Waals surface area contributed by atoms with Gasteiger partial charge in [-0.25, -0.2) is 18.7 Å². The molecule has 0 bridgehead atoms. The molecular formula is C27H30F2N6O3. The van der Waals surface area contributed by atoms with Crippen molar-refractivity contribution in [3.8, 4) is 11.1 Å². The molecule has 5 rings (SSSR count). The molecule has 200 valence electrons. The van der Waals surface area contributed by atoms with Crippen molar-refractivity contribution in [1.29, 1.82) is 0 Å². The minimum Gasteiger partial charge on any atom is -0.435 e. The van der Waals surface area contributed by atoms with Crippen LogP contribution in [0.15, 0.2) is 34.9 Å². The van der Waals surface area contributed by atoms with Gasteiger partial charge in [-0.15, -0.1) is 5.10 Å². The van der Waals surface area contributed by atoms with Crippen LogP contribution in [0.5, 0.6) is 0 Å². The van der Waals surface area contributed by atoms with E-state index < -0.39 is 23.8 Å². The summed E-state index contributed by atoms with van der Waals surface area (Å²) in [6.45, 7) is 8.99. The Hall–Kier alpha value is -3.86. The molecule has 1 aliphatic rings. The van der Waals surface area contributed by atoms with E-state index in [2.05, 4.69) is 25.3 Å². The number of benzene rings is 1. The molecule has 1 N–H and O–H groups in total. The molecule has 0 spiro atoms. The fourth-order valence-corrected chi connectivity index (χ4v) is 4.35. The van der Waals surface area contributed by atoms with E-state index in [0.29, 0.717) is 43.9 Å². The van der Waals surface area contributed by atoms with Crippen LogP contribution in [-0.4, -0.2) is 58.5 Å². The minimum absolute atomic E-state index is 0.0122. The Labute approximate surface area is 218 Å². The summed E-state index contributed by atoms with van der Waals surface area (Å²) in [5.74, 6) is 0.290. The number of aromatic nitrogens is 4. The maximum Gasteiger partial charge on any atom is 0.293 e. The van der Waals surface area contributed by atoms with Crippen LogP contribution in [-0.2, 0) is 16.6 Å². The van der Waals surface area contributed by atoms with Crippen molar-refractivity contribution in [1.82, 2.24) is 19.6 Å². The summed E-state index contributed by atoms with van der Waals surface area (Å²) >= 11 is 0. The summed E-state index contributed by atoms with van der Waals surface area (Å²) in [7, 11) is 0. The molecule has 0 unspecified atom stereocenters. The van der Waals surface area contributed by atoms with E-state index in [1.165, 1.54) is 12.3 Å². The molecule has 9 nitrogen and oxygen atoms in total. The summed E-state index contributed by atoms with van der Waals surface area (Å²) in [5.41, 5.74) is 1.93. The molecule has 1 amide bonds. The van der Waals surface area contributed by atoms with Gasteiger partial charge in [-0.1, -0.05) is 6.92 Å². The number of nitrogens with one attached hydrogen (secondary N) is 1. The van der Waals surface area contributed by atoms with Crippen molar-refractivity contribution in [2.75, 3.05) is 43.2 Å². The molecule has 11 heteroatoms. The van der Waals surface area contributed by atoms with Crippen molar-refractivity contribution >= 4 is 23.1 Å². The van der Waals surface area contributed by atoms with Gasteiger partial charge in [-0.2, -0.15) is 4.52 Å². The number of hydrogen-bond acceptors (Lipinski definition) is 7. The number of carbonyl (C=O) groups excluding carboxylic acids is 1. The first-order chi connectivity index (χ1) is 18.2. The topological polar surface area (TPSA) is 97.8 Å². The van der Waals surface area contributed by atoms with Gasteiger partial charge in [-0.3, -0.25) is 4.79 Å². The monoisotopic (exact) mass is 524 g/mol. The van der Waals surface area contributed by atoms with Crippen molar-refractivity contribution in [2.45, 2.75) is 39.5 Å².